The molecular weight excluding hydrogens is 580 g/mol. The maximum absolute atomic E-state index is 14.1. The van der Waals surface area contributed by atoms with E-state index in [4.69, 9.17) is 9.47 Å². The molecular formula is C33H40N4O6S. The molecule has 11 heteroatoms. The zero-order chi connectivity index (χ0) is 31.2. The molecule has 44 heavy (non-hydrogen) atoms. The number of nitrogens with one attached hydrogen (secondary N) is 1. The molecule has 0 radical (unpaired) electrons. The topological polar surface area (TPSA) is 110 Å². The second-order valence-corrected chi connectivity index (χ2v) is 13.8. The number of rotatable bonds is 2. The van der Waals surface area contributed by atoms with Crippen molar-refractivity contribution in [1.82, 2.24) is 18.5 Å². The molecule has 1 aliphatic carbocycles. The van der Waals surface area contributed by atoms with Crippen LogP contribution in [0.2, 0.25) is 0 Å². The lowest BCUT2D eigenvalue weighted by Gasteiger charge is -2.24. The lowest BCUT2D eigenvalue weighted by Crippen LogP contribution is -2.42. The van der Waals surface area contributed by atoms with E-state index in [0.717, 1.165) is 63.3 Å². The number of hydrogen-bond donors (Lipinski definition) is 1. The molecule has 6 rings (SSSR count). The molecule has 10 nitrogen and oxygen atoms in total. The Hall–Kier alpha value is -3.67. The van der Waals surface area contributed by atoms with Crippen molar-refractivity contribution < 1.29 is 27.5 Å². The van der Waals surface area contributed by atoms with Crippen LogP contribution in [0, 0.1) is 0 Å². The highest BCUT2D eigenvalue weighted by Crippen LogP contribution is 2.48. The van der Waals surface area contributed by atoms with Gasteiger partial charge in [-0.25, -0.2) is 4.72 Å². The van der Waals surface area contributed by atoms with Crippen LogP contribution in [0.3, 0.4) is 0 Å². The number of hydrogen-bond acceptors (Lipinski definition) is 6. The molecule has 1 aromatic heterocycles. The van der Waals surface area contributed by atoms with E-state index < -0.39 is 16.1 Å². The summed E-state index contributed by atoms with van der Waals surface area (Å²) in [4.78, 5) is 29.2. The summed E-state index contributed by atoms with van der Waals surface area (Å²) in [7, 11) is 0.711. The first-order valence-corrected chi connectivity index (χ1v) is 16.7. The van der Waals surface area contributed by atoms with Crippen LogP contribution < -0.4 is 9.46 Å². The van der Waals surface area contributed by atoms with Gasteiger partial charge in [-0.15, -0.1) is 0 Å². The number of aromatic nitrogens is 1. The Bertz CT molecular complexity index is 1770. The maximum atomic E-state index is 14.1. The Morgan fingerprint density at radius 1 is 0.955 bits per heavy atom. The second kappa shape index (κ2) is 12.0. The Balaban J connectivity index is 1.63. The molecule has 2 aromatic carbocycles. The summed E-state index contributed by atoms with van der Waals surface area (Å²) < 4.78 is 42.7. The van der Waals surface area contributed by atoms with Crippen molar-refractivity contribution in [3.05, 3.63) is 58.7 Å². The number of likely N-dealkylation sites (N-methyl/N-ethyl adjacent to an activating group) is 2. The smallest absolute Gasteiger partial charge is 0.303 e. The predicted molar refractivity (Wildman–Crippen MR) is 170 cm³/mol. The Morgan fingerprint density at radius 3 is 2.45 bits per heavy atom. The molecule has 0 unspecified atom stereocenters. The van der Waals surface area contributed by atoms with E-state index in [1.54, 1.807) is 31.2 Å². The fraction of sp³-hybridized carbons (Fsp3) is 0.455. The van der Waals surface area contributed by atoms with Crippen LogP contribution in [0.4, 0.5) is 0 Å². The highest BCUT2D eigenvalue weighted by molar-refractivity contribution is 7.87. The number of nitrogens with zero attached hydrogens (tertiary/aromatic N) is 3. The third-order valence-corrected chi connectivity index (χ3v) is 10.8. The summed E-state index contributed by atoms with van der Waals surface area (Å²) in [6, 6.07) is 11.4. The number of amides is 2. The van der Waals surface area contributed by atoms with Gasteiger partial charge in [-0.2, -0.15) is 12.7 Å². The molecule has 3 heterocycles. The molecule has 3 aromatic rings. The molecule has 3 aliphatic rings. The van der Waals surface area contributed by atoms with Crippen molar-refractivity contribution in [3.8, 4) is 17.0 Å². The van der Waals surface area contributed by atoms with Crippen LogP contribution in [0.15, 0.2) is 42.0 Å². The second-order valence-electron chi connectivity index (χ2n) is 12.0. The summed E-state index contributed by atoms with van der Waals surface area (Å²) in [5, 5.41) is 1.02. The van der Waals surface area contributed by atoms with E-state index in [0.29, 0.717) is 30.3 Å². The van der Waals surface area contributed by atoms with Gasteiger partial charge in [0, 0.05) is 54.8 Å². The molecule has 0 saturated heterocycles. The zero-order valence-electron chi connectivity index (χ0n) is 25.8. The fourth-order valence-electron chi connectivity index (χ4n) is 6.81. The van der Waals surface area contributed by atoms with Gasteiger partial charge in [-0.3, -0.25) is 9.59 Å². The van der Waals surface area contributed by atoms with Gasteiger partial charge in [0.05, 0.1) is 32.6 Å². The number of fused-ring (bicyclic) bond motifs is 4. The van der Waals surface area contributed by atoms with Gasteiger partial charge in [0.1, 0.15) is 5.75 Å². The van der Waals surface area contributed by atoms with E-state index in [2.05, 4.69) is 15.4 Å². The number of methoxy groups -OCH3 is 1. The van der Waals surface area contributed by atoms with Crippen molar-refractivity contribution in [1.29, 1.82) is 0 Å². The van der Waals surface area contributed by atoms with E-state index in [1.807, 2.05) is 25.1 Å². The van der Waals surface area contributed by atoms with Crippen LogP contribution in [0.1, 0.15) is 66.4 Å². The maximum Gasteiger partial charge on any atom is 0.303 e. The average molecular weight is 621 g/mol. The molecule has 234 valence electrons. The van der Waals surface area contributed by atoms with Crippen LogP contribution in [0.25, 0.3) is 27.7 Å². The van der Waals surface area contributed by atoms with Gasteiger partial charge in [-0.05, 0) is 72.7 Å². The van der Waals surface area contributed by atoms with Gasteiger partial charge in [-0.1, -0.05) is 25.3 Å². The highest BCUT2D eigenvalue weighted by atomic mass is 32.2. The minimum absolute atomic E-state index is 0.0547. The summed E-state index contributed by atoms with van der Waals surface area (Å²) in [6.45, 7) is 3.05. The molecule has 0 spiro atoms. The minimum Gasteiger partial charge on any atom is -0.497 e. The van der Waals surface area contributed by atoms with Crippen molar-refractivity contribution in [3.63, 3.8) is 0 Å². The predicted octanol–water partition coefficient (Wildman–Crippen LogP) is 4.55. The molecule has 4 bridgehead atoms. The van der Waals surface area contributed by atoms with E-state index in [-0.39, 0.29) is 31.2 Å². The van der Waals surface area contributed by atoms with Crippen LogP contribution in [-0.4, -0.2) is 81.5 Å². The minimum atomic E-state index is -4.09. The van der Waals surface area contributed by atoms with Crippen molar-refractivity contribution in [2.45, 2.75) is 51.5 Å². The highest BCUT2D eigenvalue weighted by Gasteiger charge is 2.33. The van der Waals surface area contributed by atoms with E-state index in [1.165, 1.54) is 19.0 Å². The summed E-state index contributed by atoms with van der Waals surface area (Å²) in [5.41, 5.74) is 6.78. The summed E-state index contributed by atoms with van der Waals surface area (Å²) in [6.07, 6.45) is 5.62. The Labute approximate surface area is 258 Å². The first kappa shape index (κ1) is 30.4. The third-order valence-electron chi connectivity index (χ3n) is 9.39. The first-order chi connectivity index (χ1) is 21.1. The normalized spacial score (nSPS) is 20.5. The quantitative estimate of drug-likeness (QED) is 0.451. The monoisotopic (exact) mass is 620 g/mol. The van der Waals surface area contributed by atoms with Crippen molar-refractivity contribution in [2.75, 3.05) is 47.5 Å². The third kappa shape index (κ3) is 5.41. The van der Waals surface area contributed by atoms with Gasteiger partial charge >= 0.3 is 10.2 Å². The van der Waals surface area contributed by atoms with Gasteiger partial charge in [0.2, 0.25) is 0 Å². The SMILES string of the molecule is COc1ccc2c(c1)C(C)=C1Cn3c-2c(C2CCCCC2)c2ccc(cc23)C(=O)NS(=O)(=O)N(C)CCOCCN(C)C1=O. The lowest BCUT2D eigenvalue weighted by atomic mass is 9.81. The van der Waals surface area contributed by atoms with Gasteiger partial charge in [0.15, 0.2) is 0 Å². The number of carbonyl (C=O) groups excluding carboxylic acids is 2. The molecule has 0 atom stereocenters. The molecule has 2 aliphatic heterocycles. The fourth-order valence-corrected chi connectivity index (χ4v) is 7.64. The summed E-state index contributed by atoms with van der Waals surface area (Å²) in [5.74, 6) is 0.216. The molecule has 2 amide bonds. The number of allylic oxidation sites excluding steroid dienone is 1. The van der Waals surface area contributed by atoms with E-state index >= 15 is 0 Å². The van der Waals surface area contributed by atoms with E-state index in [9.17, 15) is 18.0 Å². The molecule has 1 saturated carbocycles. The van der Waals surface area contributed by atoms with Gasteiger partial charge in [0.25, 0.3) is 11.8 Å². The molecule has 1 N–H and O–H groups in total. The lowest BCUT2D eigenvalue weighted by molar-refractivity contribution is -0.126. The number of benzene rings is 2. The Morgan fingerprint density at radius 2 is 1.70 bits per heavy atom. The van der Waals surface area contributed by atoms with Crippen molar-refractivity contribution >= 4 is 38.5 Å². The Kier molecular flexibility index (Phi) is 8.29. The molecule has 1 fully saturated rings. The first-order valence-electron chi connectivity index (χ1n) is 15.3. The van der Waals surface area contributed by atoms with Gasteiger partial charge < -0.3 is 18.9 Å². The number of ether oxygens (including phenoxy) is 2. The van der Waals surface area contributed by atoms with Crippen LogP contribution >= 0.6 is 0 Å². The number of carbonyl (C=O) groups is 2. The summed E-state index contributed by atoms with van der Waals surface area (Å²) >= 11 is 0. The van der Waals surface area contributed by atoms with Crippen LogP contribution in [-0.2, 0) is 26.3 Å². The average Bonchev–Trinajstić information content (AvgIpc) is 3.28. The largest absolute Gasteiger partial charge is 0.497 e. The standard InChI is InChI=1S/C33H40N4O6S/c1-21-27-19-24(42-4)11-13-25(27)31-30(22-8-6-5-7-9-22)26-12-10-23-18-29(26)37(31)20-28(21)33(39)35(2)14-16-43-17-15-36(3)44(40,41)34-32(23)38/h10-13,18-19,22H,5-9,14-17,20H2,1-4H3,(H,34,38). The zero-order valence-corrected chi connectivity index (χ0v) is 26.6. The van der Waals surface area contributed by atoms with Crippen LogP contribution in [0.5, 0.6) is 5.75 Å². The van der Waals surface area contributed by atoms with Crippen molar-refractivity contribution in [2.24, 2.45) is 0 Å².